The van der Waals surface area contributed by atoms with Gasteiger partial charge in [0, 0.05) is 11.6 Å². The van der Waals surface area contributed by atoms with Crippen molar-refractivity contribution in [3.05, 3.63) is 34.3 Å². The molecule has 0 spiro atoms. The molecule has 0 saturated carbocycles. The van der Waals surface area contributed by atoms with Gasteiger partial charge in [0.2, 0.25) is 0 Å². The smallest absolute Gasteiger partial charge is 0.0409 e. The molecule has 1 aromatic rings. The van der Waals surface area contributed by atoms with Crippen LogP contribution in [0.3, 0.4) is 0 Å². The van der Waals surface area contributed by atoms with Gasteiger partial charge in [-0.1, -0.05) is 24.6 Å². The van der Waals surface area contributed by atoms with Gasteiger partial charge in [-0.05, 0) is 42.1 Å². The third-order valence-electron chi connectivity index (χ3n) is 2.66. The number of fused-ring (bicyclic) bond motifs is 1. The van der Waals surface area contributed by atoms with E-state index in [0.29, 0.717) is 5.92 Å². The Bertz CT molecular complexity index is 320. The molecule has 0 aliphatic carbocycles. The third-order valence-corrected chi connectivity index (χ3v) is 2.90. The second-order valence-electron chi connectivity index (χ2n) is 3.70. The van der Waals surface area contributed by atoms with Gasteiger partial charge in [-0.15, -0.1) is 24.8 Å². The van der Waals surface area contributed by atoms with Crippen molar-refractivity contribution in [2.24, 2.45) is 0 Å². The minimum atomic E-state index is 0. The van der Waals surface area contributed by atoms with E-state index < -0.39 is 0 Å². The van der Waals surface area contributed by atoms with Crippen molar-refractivity contribution >= 4 is 36.4 Å². The quantitative estimate of drug-likeness (QED) is 0.783. The van der Waals surface area contributed by atoms with Crippen LogP contribution >= 0.6 is 36.4 Å². The summed E-state index contributed by atoms with van der Waals surface area (Å²) >= 11 is 5.97. The molecule has 0 radical (unpaired) electrons. The Kier molecular flexibility index (Phi) is 9.36. The van der Waals surface area contributed by atoms with E-state index in [4.69, 9.17) is 11.6 Å². The van der Waals surface area contributed by atoms with Crippen LogP contribution in [0.4, 0.5) is 0 Å². The van der Waals surface area contributed by atoms with Crippen LogP contribution in [0, 0.1) is 0 Å². The Morgan fingerprint density at radius 3 is 2.69 bits per heavy atom. The van der Waals surface area contributed by atoms with Crippen molar-refractivity contribution in [2.45, 2.75) is 19.3 Å². The molecule has 0 unspecified atom stereocenters. The van der Waals surface area contributed by atoms with Crippen molar-refractivity contribution in [2.75, 3.05) is 13.1 Å². The zero-order chi connectivity index (χ0) is 9.26. The zero-order valence-electron chi connectivity index (χ0n) is 9.13. The molecule has 3 N–H and O–H groups in total. The standard InChI is InChI=1S/C11H14ClN.2ClH.H2O/c1-8-7-13-5-4-9-2-3-10(12)6-11(8)9;;;/h2-3,6,8,13H,4-5,7H2,1H3;2*1H;1H2/t8-;;;/m1.../s1. The fraction of sp³-hybridized carbons (Fsp3) is 0.455. The maximum Gasteiger partial charge on any atom is 0.0409 e. The average molecular weight is 287 g/mol. The molecule has 1 aromatic carbocycles. The van der Waals surface area contributed by atoms with Crippen molar-refractivity contribution in [3.8, 4) is 0 Å². The average Bonchev–Trinajstić information content (AvgIpc) is 2.29. The lowest BCUT2D eigenvalue weighted by molar-refractivity contribution is 0.644. The predicted octanol–water partition coefficient (Wildman–Crippen LogP) is 2.61. The Balaban J connectivity index is 0. The summed E-state index contributed by atoms with van der Waals surface area (Å²) in [4.78, 5) is 0. The summed E-state index contributed by atoms with van der Waals surface area (Å²) in [5.41, 5.74) is 2.86. The highest BCUT2D eigenvalue weighted by molar-refractivity contribution is 6.30. The zero-order valence-corrected chi connectivity index (χ0v) is 11.5. The second kappa shape index (κ2) is 8.15. The number of benzene rings is 1. The lowest BCUT2D eigenvalue weighted by Crippen LogP contribution is -2.18. The van der Waals surface area contributed by atoms with Gasteiger partial charge in [0.25, 0.3) is 0 Å². The lowest BCUT2D eigenvalue weighted by atomic mass is 9.96. The molecule has 2 nitrogen and oxygen atoms in total. The minimum Gasteiger partial charge on any atom is -0.412 e. The number of nitrogens with one attached hydrogen (secondary N) is 1. The summed E-state index contributed by atoms with van der Waals surface area (Å²) in [6.45, 7) is 4.39. The van der Waals surface area contributed by atoms with Gasteiger partial charge in [0.15, 0.2) is 0 Å². The second-order valence-corrected chi connectivity index (χ2v) is 4.13. The summed E-state index contributed by atoms with van der Waals surface area (Å²) < 4.78 is 0. The summed E-state index contributed by atoms with van der Waals surface area (Å²) in [5, 5.41) is 4.27. The predicted molar refractivity (Wildman–Crippen MR) is 74.6 cm³/mol. The molecule has 0 amide bonds. The number of halogens is 3. The highest BCUT2D eigenvalue weighted by atomic mass is 35.5. The number of hydrogen-bond acceptors (Lipinski definition) is 1. The minimum absolute atomic E-state index is 0. The van der Waals surface area contributed by atoms with Crippen molar-refractivity contribution in [1.82, 2.24) is 5.32 Å². The van der Waals surface area contributed by atoms with Crippen LogP contribution in [0.5, 0.6) is 0 Å². The monoisotopic (exact) mass is 285 g/mol. The van der Waals surface area contributed by atoms with Gasteiger partial charge in [0.1, 0.15) is 0 Å². The maximum absolute atomic E-state index is 5.97. The number of hydrogen-bond donors (Lipinski definition) is 1. The highest BCUT2D eigenvalue weighted by Gasteiger charge is 2.13. The SMILES string of the molecule is C[C@@H]1CNCCc2ccc(Cl)cc21.Cl.Cl.O. The van der Waals surface area contributed by atoms with Gasteiger partial charge in [-0.2, -0.15) is 0 Å². The molecule has 1 aliphatic heterocycles. The summed E-state index contributed by atoms with van der Waals surface area (Å²) in [6, 6.07) is 6.24. The Hall–Kier alpha value is 0.01000. The van der Waals surface area contributed by atoms with Gasteiger partial charge in [-0.25, -0.2) is 0 Å². The third kappa shape index (κ3) is 4.11. The molecular formula is C11H18Cl3NO. The fourth-order valence-electron chi connectivity index (χ4n) is 1.90. The van der Waals surface area contributed by atoms with Crippen LogP contribution in [-0.4, -0.2) is 18.6 Å². The molecule has 0 aromatic heterocycles. The molecule has 0 bridgehead atoms. The fourth-order valence-corrected chi connectivity index (χ4v) is 2.08. The van der Waals surface area contributed by atoms with E-state index in [1.807, 2.05) is 6.07 Å². The van der Waals surface area contributed by atoms with E-state index in [-0.39, 0.29) is 30.3 Å². The van der Waals surface area contributed by atoms with Gasteiger partial charge in [-0.3, -0.25) is 0 Å². The lowest BCUT2D eigenvalue weighted by Gasteiger charge is -2.11. The van der Waals surface area contributed by atoms with Crippen LogP contribution in [0.2, 0.25) is 5.02 Å². The summed E-state index contributed by atoms with van der Waals surface area (Å²) in [5.74, 6) is 0.580. The van der Waals surface area contributed by atoms with Crippen molar-refractivity contribution in [3.63, 3.8) is 0 Å². The van der Waals surface area contributed by atoms with E-state index >= 15 is 0 Å². The van der Waals surface area contributed by atoms with Gasteiger partial charge < -0.3 is 10.8 Å². The van der Waals surface area contributed by atoms with Crippen molar-refractivity contribution in [1.29, 1.82) is 0 Å². The molecule has 2 rings (SSSR count). The Morgan fingerprint density at radius 2 is 2.00 bits per heavy atom. The topological polar surface area (TPSA) is 43.5 Å². The molecule has 16 heavy (non-hydrogen) atoms. The molecule has 0 saturated heterocycles. The first-order chi connectivity index (χ1) is 6.27. The summed E-state index contributed by atoms with van der Waals surface area (Å²) in [6.07, 6.45) is 1.12. The molecule has 94 valence electrons. The first-order valence-corrected chi connectivity index (χ1v) is 5.14. The van der Waals surface area contributed by atoms with E-state index in [9.17, 15) is 0 Å². The van der Waals surface area contributed by atoms with E-state index in [1.54, 1.807) is 0 Å². The molecule has 1 atom stereocenters. The Labute approximate surface area is 114 Å². The van der Waals surface area contributed by atoms with Crippen LogP contribution < -0.4 is 5.32 Å². The first kappa shape index (κ1) is 18.4. The van der Waals surface area contributed by atoms with E-state index in [0.717, 1.165) is 24.5 Å². The maximum atomic E-state index is 5.97. The van der Waals surface area contributed by atoms with E-state index in [2.05, 4.69) is 24.4 Å². The van der Waals surface area contributed by atoms with Crippen LogP contribution in [0.1, 0.15) is 24.0 Å². The van der Waals surface area contributed by atoms with Gasteiger partial charge in [0.05, 0.1) is 0 Å². The molecule has 5 heteroatoms. The largest absolute Gasteiger partial charge is 0.412 e. The molecule has 1 heterocycles. The van der Waals surface area contributed by atoms with Crippen LogP contribution in [0.15, 0.2) is 18.2 Å². The first-order valence-electron chi connectivity index (χ1n) is 4.76. The molecule has 1 aliphatic rings. The normalized spacial score (nSPS) is 18.0. The van der Waals surface area contributed by atoms with Crippen LogP contribution in [0.25, 0.3) is 0 Å². The Morgan fingerprint density at radius 1 is 1.31 bits per heavy atom. The van der Waals surface area contributed by atoms with E-state index in [1.165, 1.54) is 11.1 Å². The summed E-state index contributed by atoms with van der Waals surface area (Å²) in [7, 11) is 0. The van der Waals surface area contributed by atoms with Gasteiger partial charge >= 0.3 is 0 Å². The number of rotatable bonds is 0. The highest BCUT2D eigenvalue weighted by Crippen LogP contribution is 2.25. The van der Waals surface area contributed by atoms with Crippen LogP contribution in [-0.2, 0) is 6.42 Å². The molecule has 0 fully saturated rings. The van der Waals surface area contributed by atoms with Crippen molar-refractivity contribution < 1.29 is 5.48 Å². The molecular weight excluding hydrogens is 268 g/mol.